The van der Waals surface area contributed by atoms with Crippen molar-refractivity contribution in [1.29, 1.82) is 0 Å². The van der Waals surface area contributed by atoms with Crippen molar-refractivity contribution in [3.63, 3.8) is 0 Å². The second-order valence-electron chi connectivity index (χ2n) is 5.63. The third kappa shape index (κ3) is 5.29. The molecule has 0 unspecified atom stereocenters. The summed E-state index contributed by atoms with van der Waals surface area (Å²) in [6.07, 6.45) is 1.89. The van der Waals surface area contributed by atoms with Gasteiger partial charge in [0.2, 0.25) is 0 Å². The molecular formula is C21H23NO3. The van der Waals surface area contributed by atoms with Crippen LogP contribution in [0.25, 0.3) is 0 Å². The zero-order chi connectivity index (χ0) is 18.1. The van der Waals surface area contributed by atoms with Crippen LogP contribution in [0.4, 0.5) is 0 Å². The van der Waals surface area contributed by atoms with Gasteiger partial charge in [-0.15, -0.1) is 0 Å². The number of aromatic hydroxyl groups is 1. The zero-order valence-electron chi connectivity index (χ0n) is 14.7. The molecule has 0 aliphatic carbocycles. The first-order valence-corrected chi connectivity index (χ1v) is 8.36. The predicted octanol–water partition coefficient (Wildman–Crippen LogP) is 3.69. The molecule has 1 N–H and O–H groups in total. The molecule has 0 aliphatic heterocycles. The number of phenols is 1. The molecule has 0 fully saturated rings. The van der Waals surface area contributed by atoms with Crippen molar-refractivity contribution in [2.75, 3.05) is 20.2 Å². The lowest BCUT2D eigenvalue weighted by Crippen LogP contribution is -2.32. The molecule has 2 rings (SSSR count). The van der Waals surface area contributed by atoms with E-state index in [4.69, 9.17) is 4.74 Å². The molecule has 1 amide bonds. The largest absolute Gasteiger partial charge is 0.504 e. The maximum absolute atomic E-state index is 12.8. The average molecular weight is 337 g/mol. The predicted molar refractivity (Wildman–Crippen MR) is 98.8 cm³/mol. The highest BCUT2D eigenvalue weighted by Crippen LogP contribution is 2.26. The van der Waals surface area contributed by atoms with Crippen LogP contribution in [0.2, 0.25) is 0 Å². The Morgan fingerprint density at radius 2 is 1.96 bits per heavy atom. The van der Waals surface area contributed by atoms with Crippen LogP contribution < -0.4 is 4.74 Å². The molecule has 0 saturated carbocycles. The smallest absolute Gasteiger partial charge is 0.254 e. The molecule has 0 aliphatic rings. The lowest BCUT2D eigenvalue weighted by atomic mass is 10.1. The molecule has 0 heterocycles. The minimum atomic E-state index is -0.145. The first-order valence-electron chi connectivity index (χ1n) is 8.36. The second kappa shape index (κ2) is 9.39. The van der Waals surface area contributed by atoms with Crippen molar-refractivity contribution in [2.24, 2.45) is 0 Å². The molecule has 25 heavy (non-hydrogen) atoms. The SMILES string of the molecule is CCCCN(CC#Cc1ccccc1)C(=O)c1ccc(OC)c(O)c1. The zero-order valence-corrected chi connectivity index (χ0v) is 14.7. The monoisotopic (exact) mass is 337 g/mol. The van der Waals surface area contributed by atoms with E-state index in [0.717, 1.165) is 18.4 Å². The molecule has 130 valence electrons. The summed E-state index contributed by atoms with van der Waals surface area (Å²) in [5.74, 6) is 6.30. The summed E-state index contributed by atoms with van der Waals surface area (Å²) in [7, 11) is 1.48. The molecule has 0 atom stereocenters. The van der Waals surface area contributed by atoms with E-state index < -0.39 is 0 Å². The average Bonchev–Trinajstić information content (AvgIpc) is 2.64. The Kier molecular flexibility index (Phi) is 6.91. The molecule has 0 bridgehead atoms. The summed E-state index contributed by atoms with van der Waals surface area (Å²) in [6, 6.07) is 14.4. The van der Waals surface area contributed by atoms with Crippen molar-refractivity contribution < 1.29 is 14.6 Å². The van der Waals surface area contributed by atoms with E-state index >= 15 is 0 Å². The number of ether oxygens (including phenoxy) is 1. The van der Waals surface area contributed by atoms with Gasteiger partial charge in [0.15, 0.2) is 11.5 Å². The minimum absolute atomic E-state index is 0.0424. The van der Waals surface area contributed by atoms with Crippen LogP contribution in [0.1, 0.15) is 35.7 Å². The summed E-state index contributed by atoms with van der Waals surface area (Å²) < 4.78 is 5.02. The third-order valence-electron chi connectivity index (χ3n) is 3.77. The number of amides is 1. The maximum Gasteiger partial charge on any atom is 0.254 e. The van der Waals surface area contributed by atoms with E-state index in [1.807, 2.05) is 30.3 Å². The summed E-state index contributed by atoms with van der Waals surface area (Å²) in [6.45, 7) is 3.06. The van der Waals surface area contributed by atoms with Crippen molar-refractivity contribution in [1.82, 2.24) is 4.90 Å². The third-order valence-corrected chi connectivity index (χ3v) is 3.77. The van der Waals surface area contributed by atoms with Crippen LogP contribution in [0.15, 0.2) is 48.5 Å². The molecule has 4 heteroatoms. The fourth-order valence-electron chi connectivity index (χ4n) is 2.37. The first kappa shape index (κ1) is 18.4. The van der Waals surface area contributed by atoms with Crippen molar-refractivity contribution >= 4 is 5.91 Å². The normalized spacial score (nSPS) is 9.84. The van der Waals surface area contributed by atoms with E-state index in [2.05, 4.69) is 18.8 Å². The van der Waals surface area contributed by atoms with Gasteiger partial charge in [-0.05, 0) is 36.8 Å². The lowest BCUT2D eigenvalue weighted by molar-refractivity contribution is 0.0774. The minimum Gasteiger partial charge on any atom is -0.504 e. The van der Waals surface area contributed by atoms with Gasteiger partial charge in [0, 0.05) is 17.7 Å². The Morgan fingerprint density at radius 3 is 2.60 bits per heavy atom. The standard InChI is InChI=1S/C21H23NO3/c1-3-4-14-22(15-8-11-17-9-6-5-7-10-17)21(24)18-12-13-20(25-2)19(23)16-18/h5-7,9-10,12-13,16,23H,3-4,14-15H2,1-2H3. The van der Waals surface area contributed by atoms with Gasteiger partial charge in [-0.1, -0.05) is 43.4 Å². The van der Waals surface area contributed by atoms with Crippen LogP contribution >= 0.6 is 0 Å². The van der Waals surface area contributed by atoms with Crippen LogP contribution in [-0.4, -0.2) is 36.1 Å². The highest BCUT2D eigenvalue weighted by atomic mass is 16.5. The molecule has 2 aromatic carbocycles. The lowest BCUT2D eigenvalue weighted by Gasteiger charge is -2.20. The first-order chi connectivity index (χ1) is 12.2. The second-order valence-corrected chi connectivity index (χ2v) is 5.63. The number of hydrogen-bond acceptors (Lipinski definition) is 3. The number of rotatable bonds is 6. The molecule has 0 radical (unpaired) electrons. The number of carbonyl (C=O) groups is 1. The molecule has 4 nitrogen and oxygen atoms in total. The van der Waals surface area contributed by atoms with Crippen molar-refractivity contribution in [2.45, 2.75) is 19.8 Å². The number of hydrogen-bond donors (Lipinski definition) is 1. The van der Waals surface area contributed by atoms with E-state index in [9.17, 15) is 9.90 Å². The maximum atomic E-state index is 12.8. The summed E-state index contributed by atoms with van der Waals surface area (Å²) in [5.41, 5.74) is 1.35. The number of unbranched alkanes of at least 4 members (excludes halogenated alkanes) is 1. The quantitative estimate of drug-likeness (QED) is 0.818. The van der Waals surface area contributed by atoms with E-state index in [-0.39, 0.29) is 11.7 Å². The Labute approximate surface area is 149 Å². The van der Waals surface area contributed by atoms with Crippen LogP contribution in [0.3, 0.4) is 0 Å². The van der Waals surface area contributed by atoms with Gasteiger partial charge in [-0.25, -0.2) is 0 Å². The van der Waals surface area contributed by atoms with Gasteiger partial charge in [0.05, 0.1) is 13.7 Å². The fourth-order valence-corrected chi connectivity index (χ4v) is 2.37. The van der Waals surface area contributed by atoms with Crippen LogP contribution in [0.5, 0.6) is 11.5 Å². The van der Waals surface area contributed by atoms with Crippen molar-refractivity contribution in [3.8, 4) is 23.3 Å². The van der Waals surface area contributed by atoms with Gasteiger partial charge in [0.1, 0.15) is 0 Å². The summed E-state index contributed by atoms with van der Waals surface area (Å²) in [5, 5.41) is 9.90. The number of carbonyl (C=O) groups excluding carboxylic acids is 1. The van der Waals surface area contributed by atoms with E-state index in [1.54, 1.807) is 17.0 Å². The molecule has 0 saturated heterocycles. The van der Waals surface area contributed by atoms with Gasteiger partial charge in [-0.3, -0.25) is 4.79 Å². The van der Waals surface area contributed by atoms with E-state index in [0.29, 0.717) is 24.4 Å². The fraction of sp³-hybridized carbons (Fsp3) is 0.286. The number of methoxy groups -OCH3 is 1. The summed E-state index contributed by atoms with van der Waals surface area (Å²) >= 11 is 0. The highest BCUT2D eigenvalue weighted by Gasteiger charge is 2.16. The Bertz CT molecular complexity index is 760. The van der Waals surface area contributed by atoms with Gasteiger partial charge < -0.3 is 14.7 Å². The summed E-state index contributed by atoms with van der Waals surface area (Å²) in [4.78, 5) is 14.5. The number of phenolic OH excluding ortho intramolecular Hbond substituents is 1. The Morgan fingerprint density at radius 1 is 1.20 bits per heavy atom. The van der Waals surface area contributed by atoms with Crippen LogP contribution in [-0.2, 0) is 0 Å². The number of nitrogens with zero attached hydrogens (tertiary/aromatic N) is 1. The molecule has 2 aromatic rings. The van der Waals surface area contributed by atoms with E-state index in [1.165, 1.54) is 13.2 Å². The highest BCUT2D eigenvalue weighted by molar-refractivity contribution is 5.95. The van der Waals surface area contributed by atoms with Crippen LogP contribution in [0, 0.1) is 11.8 Å². The Balaban J connectivity index is 2.14. The molecule has 0 spiro atoms. The molecular weight excluding hydrogens is 314 g/mol. The number of benzene rings is 2. The van der Waals surface area contributed by atoms with Gasteiger partial charge in [-0.2, -0.15) is 0 Å². The van der Waals surface area contributed by atoms with Gasteiger partial charge >= 0.3 is 0 Å². The van der Waals surface area contributed by atoms with Crippen molar-refractivity contribution in [3.05, 3.63) is 59.7 Å². The Hall–Kier alpha value is -2.93. The topological polar surface area (TPSA) is 49.8 Å². The molecule has 0 aromatic heterocycles. The van der Waals surface area contributed by atoms with Gasteiger partial charge in [0.25, 0.3) is 5.91 Å².